The fraction of sp³-hybridized carbons (Fsp3) is 0.391. The van der Waals surface area contributed by atoms with Crippen LogP contribution >= 0.6 is 0 Å². The zero-order valence-corrected chi connectivity index (χ0v) is 15.8. The van der Waals surface area contributed by atoms with Gasteiger partial charge in [0.2, 0.25) is 0 Å². The minimum Gasteiger partial charge on any atom is -0.372 e. The highest BCUT2D eigenvalue weighted by atomic mass is 15.1. The van der Waals surface area contributed by atoms with E-state index in [4.69, 9.17) is 4.98 Å². The molecule has 134 valence electrons. The van der Waals surface area contributed by atoms with E-state index in [0.29, 0.717) is 0 Å². The molecule has 0 bridgehead atoms. The van der Waals surface area contributed by atoms with Crippen molar-refractivity contribution in [3.8, 4) is 11.3 Å². The van der Waals surface area contributed by atoms with Crippen LogP contribution in [0.2, 0.25) is 0 Å². The lowest BCUT2D eigenvalue weighted by atomic mass is 9.92. The molecule has 3 nitrogen and oxygen atoms in total. The Labute approximate surface area is 156 Å². The molecule has 4 rings (SSSR count). The third-order valence-electron chi connectivity index (χ3n) is 5.66. The fourth-order valence-corrected chi connectivity index (χ4v) is 4.11. The molecule has 0 spiro atoms. The van der Waals surface area contributed by atoms with Crippen molar-refractivity contribution in [2.45, 2.75) is 39.5 Å². The maximum absolute atomic E-state index is 4.83. The molecule has 3 heteroatoms. The SMILES string of the molecule is CCCC1CCN(c2ccc(-c3cc(C)c4cnccc4n3)cc2)CC1. The van der Waals surface area contributed by atoms with Crippen molar-refractivity contribution < 1.29 is 0 Å². The van der Waals surface area contributed by atoms with Crippen LogP contribution < -0.4 is 4.90 Å². The van der Waals surface area contributed by atoms with Crippen molar-refractivity contribution in [2.24, 2.45) is 5.92 Å². The van der Waals surface area contributed by atoms with Gasteiger partial charge in [-0.05, 0) is 55.5 Å². The molecule has 0 amide bonds. The lowest BCUT2D eigenvalue weighted by Crippen LogP contribution is -2.33. The van der Waals surface area contributed by atoms with Crippen molar-refractivity contribution in [1.29, 1.82) is 0 Å². The highest BCUT2D eigenvalue weighted by molar-refractivity contribution is 5.84. The highest BCUT2D eigenvalue weighted by Crippen LogP contribution is 2.29. The number of rotatable bonds is 4. The van der Waals surface area contributed by atoms with Gasteiger partial charge in [-0.2, -0.15) is 0 Å². The molecule has 1 aliphatic heterocycles. The summed E-state index contributed by atoms with van der Waals surface area (Å²) in [5, 5.41) is 1.13. The number of benzene rings is 1. The number of hydrogen-bond acceptors (Lipinski definition) is 3. The minimum absolute atomic E-state index is 0.926. The summed E-state index contributed by atoms with van der Waals surface area (Å²) in [6, 6.07) is 13.1. The maximum atomic E-state index is 4.83. The number of aryl methyl sites for hydroxylation is 1. The predicted octanol–water partition coefficient (Wildman–Crippen LogP) is 5.62. The molecule has 1 aromatic carbocycles. The van der Waals surface area contributed by atoms with Crippen LogP contribution in [0.3, 0.4) is 0 Å². The predicted molar refractivity (Wildman–Crippen MR) is 110 cm³/mol. The monoisotopic (exact) mass is 345 g/mol. The molecule has 0 unspecified atom stereocenters. The summed E-state index contributed by atoms with van der Waals surface area (Å²) in [4.78, 5) is 11.6. The van der Waals surface area contributed by atoms with Crippen molar-refractivity contribution in [1.82, 2.24) is 9.97 Å². The van der Waals surface area contributed by atoms with Crippen LogP contribution in [0.4, 0.5) is 5.69 Å². The first kappa shape index (κ1) is 17.0. The molecular weight excluding hydrogens is 318 g/mol. The Morgan fingerprint density at radius 1 is 1.08 bits per heavy atom. The summed E-state index contributed by atoms with van der Waals surface area (Å²) in [7, 11) is 0. The second-order valence-electron chi connectivity index (χ2n) is 7.48. The Kier molecular flexibility index (Phi) is 4.87. The van der Waals surface area contributed by atoms with Gasteiger partial charge in [-0.1, -0.05) is 31.9 Å². The summed E-state index contributed by atoms with van der Waals surface area (Å²) < 4.78 is 0. The number of aromatic nitrogens is 2. The average molecular weight is 345 g/mol. The summed E-state index contributed by atoms with van der Waals surface area (Å²) in [5.74, 6) is 0.926. The molecule has 0 atom stereocenters. The Bertz CT molecular complexity index is 878. The summed E-state index contributed by atoms with van der Waals surface area (Å²) in [6.45, 7) is 6.79. The van der Waals surface area contributed by atoms with E-state index in [-0.39, 0.29) is 0 Å². The van der Waals surface area contributed by atoms with Crippen LogP contribution in [0.15, 0.2) is 48.8 Å². The molecular formula is C23H27N3. The van der Waals surface area contributed by atoms with Crippen LogP contribution in [0, 0.1) is 12.8 Å². The van der Waals surface area contributed by atoms with Gasteiger partial charge in [-0.3, -0.25) is 4.98 Å². The van der Waals surface area contributed by atoms with Crippen molar-refractivity contribution >= 4 is 16.6 Å². The summed E-state index contributed by atoms with van der Waals surface area (Å²) in [6.07, 6.45) is 9.06. The standard InChI is InChI=1S/C23H27N3/c1-3-4-18-10-13-26(14-11-18)20-7-5-19(6-8-20)23-15-17(2)21-16-24-12-9-22(21)25-23/h5-9,12,15-16,18H,3-4,10-11,13-14H2,1-2H3. The fourth-order valence-electron chi connectivity index (χ4n) is 4.11. The van der Waals surface area contributed by atoms with E-state index in [2.05, 4.69) is 54.1 Å². The lowest BCUT2D eigenvalue weighted by Gasteiger charge is -2.33. The Morgan fingerprint density at radius 2 is 1.85 bits per heavy atom. The van der Waals surface area contributed by atoms with Crippen molar-refractivity contribution in [3.63, 3.8) is 0 Å². The Morgan fingerprint density at radius 3 is 2.58 bits per heavy atom. The number of piperidine rings is 1. The van der Waals surface area contributed by atoms with Gasteiger partial charge in [-0.15, -0.1) is 0 Å². The third kappa shape index (κ3) is 3.44. The Balaban J connectivity index is 1.53. The zero-order chi connectivity index (χ0) is 17.9. The van der Waals surface area contributed by atoms with Gasteiger partial charge in [0.1, 0.15) is 0 Å². The van der Waals surface area contributed by atoms with Gasteiger partial charge in [0.15, 0.2) is 0 Å². The molecule has 3 heterocycles. The first-order valence-corrected chi connectivity index (χ1v) is 9.81. The normalized spacial score (nSPS) is 15.5. The molecule has 1 aliphatic rings. The molecule has 0 aliphatic carbocycles. The first-order valence-electron chi connectivity index (χ1n) is 9.81. The van der Waals surface area contributed by atoms with Gasteiger partial charge >= 0.3 is 0 Å². The molecule has 2 aromatic heterocycles. The third-order valence-corrected chi connectivity index (χ3v) is 5.66. The second kappa shape index (κ2) is 7.45. The van der Waals surface area contributed by atoms with Crippen molar-refractivity contribution in [3.05, 3.63) is 54.4 Å². The minimum atomic E-state index is 0.926. The van der Waals surface area contributed by atoms with Gasteiger partial charge in [0.25, 0.3) is 0 Å². The van der Waals surface area contributed by atoms with Crippen LogP contribution in [0.5, 0.6) is 0 Å². The number of pyridine rings is 2. The van der Waals surface area contributed by atoms with E-state index >= 15 is 0 Å². The van der Waals surface area contributed by atoms with Gasteiger partial charge in [0, 0.05) is 42.1 Å². The quantitative estimate of drug-likeness (QED) is 0.614. The molecule has 0 saturated carbocycles. The highest BCUT2D eigenvalue weighted by Gasteiger charge is 2.18. The van der Waals surface area contributed by atoms with E-state index in [1.54, 1.807) is 0 Å². The molecule has 3 aromatic rings. The number of fused-ring (bicyclic) bond motifs is 1. The number of nitrogens with zero attached hydrogens (tertiary/aromatic N) is 3. The van der Waals surface area contributed by atoms with E-state index in [9.17, 15) is 0 Å². The lowest BCUT2D eigenvalue weighted by molar-refractivity contribution is 0.378. The first-order chi connectivity index (χ1) is 12.7. The van der Waals surface area contributed by atoms with Gasteiger partial charge in [-0.25, -0.2) is 4.98 Å². The number of hydrogen-bond donors (Lipinski definition) is 0. The molecule has 0 N–H and O–H groups in total. The van der Waals surface area contributed by atoms with Crippen LogP contribution in [-0.4, -0.2) is 23.1 Å². The maximum Gasteiger partial charge on any atom is 0.0742 e. The largest absolute Gasteiger partial charge is 0.372 e. The van der Waals surface area contributed by atoms with Crippen molar-refractivity contribution in [2.75, 3.05) is 18.0 Å². The van der Waals surface area contributed by atoms with E-state index in [1.165, 1.54) is 55.6 Å². The van der Waals surface area contributed by atoms with E-state index < -0.39 is 0 Å². The molecule has 0 radical (unpaired) electrons. The molecule has 1 saturated heterocycles. The summed E-state index contributed by atoms with van der Waals surface area (Å²) in [5.41, 5.74) is 5.79. The van der Waals surface area contributed by atoms with Crippen LogP contribution in [-0.2, 0) is 0 Å². The van der Waals surface area contributed by atoms with Crippen LogP contribution in [0.1, 0.15) is 38.2 Å². The van der Waals surface area contributed by atoms with E-state index in [1.807, 2.05) is 18.5 Å². The average Bonchev–Trinajstić information content (AvgIpc) is 2.69. The second-order valence-corrected chi connectivity index (χ2v) is 7.48. The topological polar surface area (TPSA) is 29.0 Å². The molecule has 1 fully saturated rings. The number of anilines is 1. The van der Waals surface area contributed by atoms with Crippen LogP contribution in [0.25, 0.3) is 22.2 Å². The van der Waals surface area contributed by atoms with E-state index in [0.717, 1.165) is 22.5 Å². The summed E-state index contributed by atoms with van der Waals surface area (Å²) >= 11 is 0. The van der Waals surface area contributed by atoms with Gasteiger partial charge < -0.3 is 4.90 Å². The Hall–Kier alpha value is -2.42. The smallest absolute Gasteiger partial charge is 0.0742 e. The zero-order valence-electron chi connectivity index (χ0n) is 15.8. The molecule has 26 heavy (non-hydrogen) atoms. The van der Waals surface area contributed by atoms with Gasteiger partial charge in [0.05, 0.1) is 11.2 Å².